The molecule has 6 heteroatoms. The van der Waals surface area contributed by atoms with Gasteiger partial charge in [0, 0.05) is 72.0 Å². The minimum Gasteiger partial charge on any atom is -0.299 e. The Morgan fingerprint density at radius 1 is 0.455 bits per heavy atom. The zero-order valence-electron chi connectivity index (χ0n) is 28.2. The summed E-state index contributed by atoms with van der Waals surface area (Å²) < 4.78 is 0. The van der Waals surface area contributed by atoms with Crippen LogP contribution in [0.5, 0.6) is 0 Å². The molecule has 44 heavy (non-hydrogen) atoms. The Kier molecular flexibility index (Phi) is 7.23. The van der Waals surface area contributed by atoms with Crippen molar-refractivity contribution in [2.75, 3.05) is 27.2 Å². The maximum Gasteiger partial charge on any atom is 0.142 e. The number of rotatable bonds is 2. The van der Waals surface area contributed by atoms with E-state index in [0.717, 1.165) is 74.5 Å². The highest BCUT2D eigenvalue weighted by molar-refractivity contribution is 5.89. The number of ketones is 2. The third kappa shape index (κ3) is 3.98. The van der Waals surface area contributed by atoms with Crippen molar-refractivity contribution in [2.45, 2.75) is 152 Å². The van der Waals surface area contributed by atoms with Crippen LogP contribution in [-0.4, -0.2) is 107 Å². The van der Waals surface area contributed by atoms with Gasteiger partial charge in [-0.3, -0.25) is 29.2 Å². The first-order valence-corrected chi connectivity index (χ1v) is 19.4. The average molecular weight is 605 g/mol. The average Bonchev–Trinajstić information content (AvgIpc) is 3.55. The van der Waals surface area contributed by atoms with E-state index in [-0.39, 0.29) is 35.8 Å². The second-order valence-electron chi connectivity index (χ2n) is 17.4. The van der Waals surface area contributed by atoms with Gasteiger partial charge in [-0.05, 0) is 115 Å². The summed E-state index contributed by atoms with van der Waals surface area (Å²) >= 11 is 0. The van der Waals surface area contributed by atoms with Crippen LogP contribution >= 0.6 is 0 Å². The number of carbonyl (C=O) groups is 2. The summed E-state index contributed by atoms with van der Waals surface area (Å²) in [6.07, 6.45) is 17.6. The zero-order chi connectivity index (χ0) is 30.0. The number of nitrogens with zero attached hydrogens (tertiary/aromatic N) is 4. The fraction of sp³-hybridized carbons (Fsp3) is 0.947. The van der Waals surface area contributed by atoms with Crippen molar-refractivity contribution in [3.8, 4) is 0 Å². The van der Waals surface area contributed by atoms with E-state index in [1.807, 2.05) is 0 Å². The zero-order valence-corrected chi connectivity index (χ0v) is 28.2. The molecule has 4 aliphatic heterocycles. The number of fused-ring (bicyclic) bond motifs is 10. The summed E-state index contributed by atoms with van der Waals surface area (Å²) in [5.41, 5.74) is 0. The Hall–Kier alpha value is -0.820. The van der Waals surface area contributed by atoms with E-state index >= 15 is 0 Å². The molecule has 0 aromatic carbocycles. The van der Waals surface area contributed by atoms with Crippen LogP contribution in [0.25, 0.3) is 0 Å². The first-order chi connectivity index (χ1) is 21.4. The number of hydrogen-bond donors (Lipinski definition) is 0. The summed E-state index contributed by atoms with van der Waals surface area (Å²) in [5, 5.41) is 0. The van der Waals surface area contributed by atoms with Gasteiger partial charge in [0.25, 0.3) is 0 Å². The van der Waals surface area contributed by atoms with E-state index in [1.54, 1.807) is 0 Å². The van der Waals surface area contributed by atoms with Crippen molar-refractivity contribution in [2.24, 2.45) is 47.3 Å². The Morgan fingerprint density at radius 2 is 0.795 bits per heavy atom. The molecule has 4 saturated heterocycles. The lowest BCUT2D eigenvalue weighted by atomic mass is 9.57. The van der Waals surface area contributed by atoms with Gasteiger partial charge in [-0.25, -0.2) is 0 Å². The van der Waals surface area contributed by atoms with Crippen molar-refractivity contribution >= 4 is 11.6 Å². The summed E-state index contributed by atoms with van der Waals surface area (Å²) in [4.78, 5) is 40.3. The van der Waals surface area contributed by atoms with E-state index in [2.05, 4.69) is 47.5 Å². The van der Waals surface area contributed by atoms with Crippen LogP contribution in [0, 0.1) is 47.3 Å². The monoisotopic (exact) mass is 604 g/mol. The highest BCUT2D eigenvalue weighted by atomic mass is 16.1. The molecule has 0 N–H and O–H groups in total. The van der Waals surface area contributed by atoms with Crippen molar-refractivity contribution in [3.05, 3.63) is 0 Å². The maximum absolute atomic E-state index is 14.6. The van der Waals surface area contributed by atoms with E-state index in [0.29, 0.717) is 35.7 Å². The fourth-order valence-corrected chi connectivity index (χ4v) is 14.8. The minimum atomic E-state index is 0.116. The molecule has 0 radical (unpaired) electrons. The van der Waals surface area contributed by atoms with Gasteiger partial charge in [-0.15, -0.1) is 0 Å². The lowest BCUT2D eigenvalue weighted by Gasteiger charge is -2.60. The molecule has 9 rings (SSSR count). The number of piperidine rings is 2. The Balaban J connectivity index is 0.974. The van der Waals surface area contributed by atoms with Crippen LogP contribution in [0.2, 0.25) is 0 Å². The number of carbonyl (C=O) groups excluding carboxylic acids is 2. The number of likely N-dealkylation sites (tertiary alicyclic amines) is 4. The molecule has 0 bridgehead atoms. The van der Waals surface area contributed by atoms with E-state index in [4.69, 9.17) is 0 Å². The molecule has 0 spiro atoms. The predicted octanol–water partition coefficient (Wildman–Crippen LogP) is 5.09. The van der Waals surface area contributed by atoms with E-state index in [9.17, 15) is 9.59 Å². The van der Waals surface area contributed by atoms with Crippen molar-refractivity contribution in [1.82, 2.24) is 19.6 Å². The molecule has 16 unspecified atom stereocenters. The van der Waals surface area contributed by atoms with Crippen LogP contribution in [0.15, 0.2) is 0 Å². The van der Waals surface area contributed by atoms with Crippen LogP contribution < -0.4 is 0 Å². The number of hydrogen-bond acceptors (Lipinski definition) is 6. The van der Waals surface area contributed by atoms with Crippen LogP contribution in [0.1, 0.15) is 104 Å². The van der Waals surface area contributed by atoms with Crippen LogP contribution in [-0.2, 0) is 9.59 Å². The molecule has 244 valence electrons. The molecule has 0 amide bonds. The molecule has 5 saturated carbocycles. The topological polar surface area (TPSA) is 47.1 Å². The van der Waals surface area contributed by atoms with Crippen LogP contribution in [0.3, 0.4) is 0 Å². The first kappa shape index (κ1) is 29.3. The van der Waals surface area contributed by atoms with Gasteiger partial charge in [0.15, 0.2) is 0 Å². The second kappa shape index (κ2) is 10.9. The quantitative estimate of drug-likeness (QED) is 0.438. The Morgan fingerprint density at radius 3 is 1.18 bits per heavy atom. The fourth-order valence-electron chi connectivity index (χ4n) is 14.8. The SMILES string of the molecule is CCN1C2CCCCC2C2CC3C(CC21)C(=O)C1CC2C(CC1N3C)C(=O)C1CC3C(CC1N2C)C1CCCCC1N3CC. The third-order valence-electron chi connectivity index (χ3n) is 16.5. The largest absolute Gasteiger partial charge is 0.299 e. The number of Topliss-reactive ketones (excluding diaryl/α,β-unsaturated/α-hetero) is 2. The molecule has 0 aromatic rings. The Labute approximate surface area is 267 Å². The maximum atomic E-state index is 14.6. The van der Waals surface area contributed by atoms with Gasteiger partial charge >= 0.3 is 0 Å². The summed E-state index contributed by atoms with van der Waals surface area (Å²) in [6, 6.07) is 4.06. The normalized spacial score (nSPS) is 54.4. The molecule has 5 aliphatic carbocycles. The van der Waals surface area contributed by atoms with Gasteiger partial charge in [0.05, 0.1) is 0 Å². The van der Waals surface area contributed by atoms with E-state index < -0.39 is 0 Å². The second-order valence-corrected chi connectivity index (χ2v) is 17.4. The van der Waals surface area contributed by atoms with Crippen molar-refractivity contribution < 1.29 is 9.59 Å². The molecule has 6 nitrogen and oxygen atoms in total. The summed E-state index contributed by atoms with van der Waals surface area (Å²) in [5.74, 6) is 5.02. The molecular formula is C38H60N4O2. The lowest BCUT2D eigenvalue weighted by molar-refractivity contribution is -0.162. The minimum absolute atomic E-state index is 0.116. The van der Waals surface area contributed by atoms with Crippen LogP contribution in [0.4, 0.5) is 0 Å². The van der Waals surface area contributed by atoms with Gasteiger partial charge in [-0.2, -0.15) is 0 Å². The molecule has 9 aliphatic rings. The molecule has 9 fully saturated rings. The third-order valence-corrected chi connectivity index (χ3v) is 16.5. The Bertz CT molecular complexity index is 1070. The molecular weight excluding hydrogens is 544 g/mol. The van der Waals surface area contributed by atoms with Gasteiger partial charge < -0.3 is 0 Å². The molecule has 16 atom stereocenters. The van der Waals surface area contributed by atoms with Crippen molar-refractivity contribution in [3.63, 3.8) is 0 Å². The van der Waals surface area contributed by atoms with Gasteiger partial charge in [-0.1, -0.05) is 39.5 Å². The van der Waals surface area contributed by atoms with Gasteiger partial charge in [0.1, 0.15) is 11.6 Å². The smallest absolute Gasteiger partial charge is 0.142 e. The summed E-state index contributed by atoms with van der Waals surface area (Å²) in [7, 11) is 4.72. The van der Waals surface area contributed by atoms with E-state index in [1.165, 1.54) is 64.2 Å². The predicted molar refractivity (Wildman–Crippen MR) is 173 cm³/mol. The highest BCUT2D eigenvalue weighted by Gasteiger charge is 2.63. The lowest BCUT2D eigenvalue weighted by Crippen LogP contribution is -2.69. The van der Waals surface area contributed by atoms with Gasteiger partial charge in [0.2, 0.25) is 0 Å². The highest BCUT2D eigenvalue weighted by Crippen LogP contribution is 2.57. The first-order valence-electron chi connectivity index (χ1n) is 19.4. The molecule has 4 heterocycles. The summed E-state index contributed by atoms with van der Waals surface area (Å²) in [6.45, 7) is 7.02. The molecule has 0 aromatic heterocycles. The van der Waals surface area contributed by atoms with Crippen molar-refractivity contribution in [1.29, 1.82) is 0 Å². The standard InChI is InChI=1S/C38H60N4O2/c1-5-41-29-13-9-7-11-21(29)23-15-31-27(19-35(23)41)37(43)25-17-34-26(18-33(25)39(31)3)38(44)28-20-36-24(16-32(28)40(34)4)22-12-8-10-14-30(22)42(36)6-2/h21-36H,5-20H2,1-4H3.